The first-order chi connectivity index (χ1) is 23.5. The zero-order valence-corrected chi connectivity index (χ0v) is 32.0. The molecule has 286 valence electrons. The van der Waals surface area contributed by atoms with Gasteiger partial charge in [-0.05, 0) is 64.5 Å². The number of hydrogen-bond donors (Lipinski definition) is 2. The lowest BCUT2D eigenvalue weighted by Crippen LogP contribution is -2.38. The Morgan fingerprint density at radius 1 is 0.479 bits per heavy atom. The zero-order chi connectivity index (χ0) is 35.3. The number of carbonyl (C=O) groups excluding carboxylic acids is 2. The third-order valence-corrected chi connectivity index (χ3v) is 9.34. The van der Waals surface area contributed by atoms with E-state index in [1.807, 2.05) is 0 Å². The van der Waals surface area contributed by atoms with Crippen molar-refractivity contribution in [1.29, 1.82) is 0 Å². The Hall–Kier alpha value is -1.22. The van der Waals surface area contributed by atoms with Crippen molar-refractivity contribution in [3.63, 3.8) is 0 Å². The molecule has 0 aromatic rings. The van der Waals surface area contributed by atoms with Crippen LogP contribution in [0.2, 0.25) is 0 Å². The lowest BCUT2D eigenvalue weighted by molar-refractivity contribution is -0.150. The lowest BCUT2D eigenvalue weighted by atomic mass is 10.0. The fraction of sp³-hybridized carbons (Fsp3) is 0.950. The lowest BCUT2D eigenvalue weighted by Gasteiger charge is -2.27. The van der Waals surface area contributed by atoms with Crippen LogP contribution in [0.5, 0.6) is 0 Å². The molecule has 0 aromatic carbocycles. The van der Waals surface area contributed by atoms with Crippen molar-refractivity contribution in [2.24, 2.45) is 0 Å². The number of unbranched alkanes of at least 4 members (excludes halogenated alkanes) is 16. The van der Waals surface area contributed by atoms with Crippen LogP contribution in [0.4, 0.5) is 0 Å². The molecular formula is C40H80N2O6. The van der Waals surface area contributed by atoms with Crippen molar-refractivity contribution >= 4 is 11.9 Å². The van der Waals surface area contributed by atoms with Crippen LogP contribution >= 0.6 is 0 Å². The van der Waals surface area contributed by atoms with Crippen molar-refractivity contribution in [3.05, 3.63) is 0 Å². The first-order valence-electron chi connectivity index (χ1n) is 20.5. The van der Waals surface area contributed by atoms with E-state index in [0.717, 1.165) is 84.0 Å². The van der Waals surface area contributed by atoms with Gasteiger partial charge < -0.3 is 19.7 Å². The highest BCUT2D eigenvalue weighted by atomic mass is 16.5. The SMILES string of the molecule is CCCCCCCCCCCOC(=O)CCCN(CCO)CCN(CCO)CCCCCC(=O)OC(CCCCCC)CCCCCC. The predicted octanol–water partition coefficient (Wildman–Crippen LogP) is 8.84. The molecule has 0 fully saturated rings. The van der Waals surface area contributed by atoms with Crippen LogP contribution in [0.1, 0.15) is 181 Å². The van der Waals surface area contributed by atoms with Gasteiger partial charge in [0.25, 0.3) is 0 Å². The molecule has 0 unspecified atom stereocenters. The molecule has 8 nitrogen and oxygen atoms in total. The summed E-state index contributed by atoms with van der Waals surface area (Å²) in [6.07, 6.45) is 27.3. The van der Waals surface area contributed by atoms with E-state index in [-0.39, 0.29) is 31.3 Å². The summed E-state index contributed by atoms with van der Waals surface area (Å²) in [7, 11) is 0. The number of aliphatic hydroxyl groups is 2. The minimum Gasteiger partial charge on any atom is -0.466 e. The second kappa shape index (κ2) is 37.0. The molecule has 0 aliphatic carbocycles. The van der Waals surface area contributed by atoms with Crippen LogP contribution in [0.3, 0.4) is 0 Å². The zero-order valence-electron chi connectivity index (χ0n) is 32.0. The van der Waals surface area contributed by atoms with E-state index in [0.29, 0.717) is 39.0 Å². The van der Waals surface area contributed by atoms with Gasteiger partial charge in [0.05, 0.1) is 19.8 Å². The number of rotatable bonds is 38. The molecule has 0 amide bonds. The van der Waals surface area contributed by atoms with Crippen molar-refractivity contribution in [2.75, 3.05) is 59.1 Å². The van der Waals surface area contributed by atoms with Crippen LogP contribution in [0.15, 0.2) is 0 Å². The topological polar surface area (TPSA) is 99.5 Å². The summed E-state index contributed by atoms with van der Waals surface area (Å²) < 4.78 is 11.4. The summed E-state index contributed by atoms with van der Waals surface area (Å²) in [6, 6.07) is 0. The van der Waals surface area contributed by atoms with Crippen molar-refractivity contribution in [1.82, 2.24) is 9.80 Å². The number of esters is 2. The number of aliphatic hydroxyl groups excluding tert-OH is 2. The third kappa shape index (κ3) is 32.0. The minimum atomic E-state index is -0.126. The molecule has 0 aliphatic rings. The molecule has 0 aromatic heterocycles. The van der Waals surface area contributed by atoms with E-state index in [4.69, 9.17) is 9.47 Å². The normalized spacial score (nSPS) is 11.7. The van der Waals surface area contributed by atoms with E-state index in [1.54, 1.807) is 0 Å². The van der Waals surface area contributed by atoms with E-state index < -0.39 is 0 Å². The maximum atomic E-state index is 12.6. The highest BCUT2D eigenvalue weighted by Gasteiger charge is 2.15. The summed E-state index contributed by atoms with van der Waals surface area (Å²) in [5.74, 6) is -0.177. The van der Waals surface area contributed by atoms with Gasteiger partial charge in [0.2, 0.25) is 0 Å². The van der Waals surface area contributed by atoms with Crippen molar-refractivity contribution in [2.45, 2.75) is 187 Å². The molecule has 0 spiro atoms. The summed E-state index contributed by atoms with van der Waals surface area (Å²) in [5, 5.41) is 19.2. The van der Waals surface area contributed by atoms with Gasteiger partial charge in [-0.25, -0.2) is 0 Å². The van der Waals surface area contributed by atoms with Crippen LogP contribution in [0.25, 0.3) is 0 Å². The Kier molecular flexibility index (Phi) is 36.1. The molecule has 0 atom stereocenters. The molecule has 0 saturated heterocycles. The molecule has 0 bridgehead atoms. The van der Waals surface area contributed by atoms with Gasteiger partial charge in [0, 0.05) is 39.0 Å². The Labute approximate surface area is 297 Å². The average Bonchev–Trinajstić information content (AvgIpc) is 3.07. The van der Waals surface area contributed by atoms with Gasteiger partial charge >= 0.3 is 11.9 Å². The molecule has 0 rings (SSSR count). The summed E-state index contributed by atoms with van der Waals surface area (Å²) in [6.45, 7) is 11.7. The molecule has 0 heterocycles. The smallest absolute Gasteiger partial charge is 0.306 e. The number of carbonyl (C=O) groups is 2. The number of hydrogen-bond acceptors (Lipinski definition) is 8. The molecule has 8 heteroatoms. The standard InChI is InChI=1S/C40H80N2O6/c1-4-7-10-13-14-15-16-17-23-37-47-39(45)28-24-30-42(34-36-44)32-31-41(33-35-43)29-22-18-21-27-40(46)48-38(25-19-11-8-5-2)26-20-12-9-6-3/h38,43-44H,4-37H2,1-3H3. The van der Waals surface area contributed by atoms with E-state index in [9.17, 15) is 19.8 Å². The maximum Gasteiger partial charge on any atom is 0.306 e. The van der Waals surface area contributed by atoms with Gasteiger partial charge in [-0.15, -0.1) is 0 Å². The second-order valence-electron chi connectivity index (χ2n) is 13.9. The van der Waals surface area contributed by atoms with Crippen LogP contribution < -0.4 is 0 Å². The monoisotopic (exact) mass is 685 g/mol. The Bertz CT molecular complexity index is 683. The Balaban J connectivity index is 4.22. The summed E-state index contributed by atoms with van der Waals surface area (Å²) in [5.41, 5.74) is 0. The maximum absolute atomic E-state index is 12.6. The van der Waals surface area contributed by atoms with Gasteiger partial charge in [-0.3, -0.25) is 19.4 Å². The summed E-state index contributed by atoms with van der Waals surface area (Å²) in [4.78, 5) is 29.3. The Morgan fingerprint density at radius 2 is 0.917 bits per heavy atom. The van der Waals surface area contributed by atoms with Crippen molar-refractivity contribution in [3.8, 4) is 0 Å². The fourth-order valence-corrected chi connectivity index (χ4v) is 6.24. The molecule has 0 aliphatic heterocycles. The average molecular weight is 685 g/mol. The molecular weight excluding hydrogens is 604 g/mol. The summed E-state index contributed by atoms with van der Waals surface area (Å²) >= 11 is 0. The van der Waals surface area contributed by atoms with Gasteiger partial charge in [-0.2, -0.15) is 0 Å². The molecule has 48 heavy (non-hydrogen) atoms. The van der Waals surface area contributed by atoms with Crippen LogP contribution in [0, 0.1) is 0 Å². The van der Waals surface area contributed by atoms with Gasteiger partial charge in [0.15, 0.2) is 0 Å². The first kappa shape index (κ1) is 46.8. The van der Waals surface area contributed by atoms with E-state index in [2.05, 4.69) is 30.6 Å². The van der Waals surface area contributed by atoms with Crippen LogP contribution in [-0.2, 0) is 19.1 Å². The van der Waals surface area contributed by atoms with E-state index >= 15 is 0 Å². The predicted molar refractivity (Wildman–Crippen MR) is 200 cm³/mol. The highest BCUT2D eigenvalue weighted by molar-refractivity contribution is 5.69. The minimum absolute atomic E-state index is 0.0507. The largest absolute Gasteiger partial charge is 0.466 e. The highest BCUT2D eigenvalue weighted by Crippen LogP contribution is 2.17. The molecule has 0 saturated carbocycles. The number of ether oxygens (including phenoxy) is 2. The first-order valence-corrected chi connectivity index (χ1v) is 20.5. The Morgan fingerprint density at radius 3 is 1.44 bits per heavy atom. The molecule has 0 radical (unpaired) electrons. The van der Waals surface area contributed by atoms with E-state index in [1.165, 1.54) is 83.5 Å². The van der Waals surface area contributed by atoms with Gasteiger partial charge in [0.1, 0.15) is 6.10 Å². The quantitative estimate of drug-likeness (QED) is 0.0492. The second-order valence-corrected chi connectivity index (χ2v) is 13.9. The van der Waals surface area contributed by atoms with Crippen molar-refractivity contribution < 1.29 is 29.3 Å². The van der Waals surface area contributed by atoms with Crippen LogP contribution in [-0.4, -0.2) is 97.1 Å². The van der Waals surface area contributed by atoms with Gasteiger partial charge in [-0.1, -0.05) is 117 Å². The molecule has 2 N–H and O–H groups in total. The number of nitrogens with zero attached hydrogens (tertiary/aromatic N) is 2. The fourth-order valence-electron chi connectivity index (χ4n) is 6.24. The third-order valence-electron chi connectivity index (χ3n) is 9.34.